The molecule has 0 unspecified atom stereocenters. The van der Waals surface area contributed by atoms with E-state index in [1.54, 1.807) is 14.0 Å². The average Bonchev–Trinajstić information content (AvgIpc) is 3.02. The highest BCUT2D eigenvalue weighted by Gasteiger charge is 2.41. The SMILES string of the molecule is COCCN1CC2(CCC1=O)CCN(C(=O)c1cnoc1C)CC2. The summed E-state index contributed by atoms with van der Waals surface area (Å²) in [6.45, 7) is 5.19. The van der Waals surface area contributed by atoms with Crippen molar-refractivity contribution < 1.29 is 18.8 Å². The molecule has 132 valence electrons. The molecule has 2 aliphatic heterocycles. The topological polar surface area (TPSA) is 75.9 Å². The van der Waals surface area contributed by atoms with Crippen molar-refractivity contribution in [3.63, 3.8) is 0 Å². The van der Waals surface area contributed by atoms with Gasteiger partial charge in [0, 0.05) is 39.7 Å². The summed E-state index contributed by atoms with van der Waals surface area (Å²) >= 11 is 0. The van der Waals surface area contributed by atoms with Crippen molar-refractivity contribution >= 4 is 11.8 Å². The molecule has 7 nitrogen and oxygen atoms in total. The number of ether oxygens (including phenoxy) is 1. The van der Waals surface area contributed by atoms with Crippen LogP contribution in [-0.2, 0) is 9.53 Å². The van der Waals surface area contributed by atoms with Crippen LogP contribution in [0.4, 0.5) is 0 Å². The number of carbonyl (C=O) groups excluding carboxylic acids is 2. The fourth-order valence-corrected chi connectivity index (χ4v) is 3.77. The number of piperidine rings is 2. The summed E-state index contributed by atoms with van der Waals surface area (Å²) in [5, 5.41) is 3.69. The number of aryl methyl sites for hydroxylation is 1. The first kappa shape index (κ1) is 17.0. The van der Waals surface area contributed by atoms with E-state index in [1.165, 1.54) is 6.20 Å². The maximum Gasteiger partial charge on any atom is 0.259 e. The van der Waals surface area contributed by atoms with E-state index in [0.717, 1.165) is 38.9 Å². The second-order valence-electron chi connectivity index (χ2n) is 6.90. The molecule has 7 heteroatoms. The van der Waals surface area contributed by atoms with Gasteiger partial charge in [-0.25, -0.2) is 0 Å². The molecule has 0 radical (unpaired) electrons. The van der Waals surface area contributed by atoms with Crippen molar-refractivity contribution in [2.24, 2.45) is 5.41 Å². The monoisotopic (exact) mass is 335 g/mol. The zero-order valence-electron chi connectivity index (χ0n) is 14.4. The maximum atomic E-state index is 12.6. The van der Waals surface area contributed by atoms with Crippen molar-refractivity contribution in [1.29, 1.82) is 0 Å². The first-order valence-electron chi connectivity index (χ1n) is 8.52. The van der Waals surface area contributed by atoms with Crippen molar-refractivity contribution in [3.05, 3.63) is 17.5 Å². The van der Waals surface area contributed by atoms with Crippen molar-refractivity contribution in [3.8, 4) is 0 Å². The van der Waals surface area contributed by atoms with E-state index in [1.807, 2.05) is 9.80 Å². The minimum atomic E-state index is -0.00766. The largest absolute Gasteiger partial charge is 0.383 e. The van der Waals surface area contributed by atoms with Gasteiger partial charge in [0.2, 0.25) is 5.91 Å². The van der Waals surface area contributed by atoms with Gasteiger partial charge in [-0.15, -0.1) is 0 Å². The molecule has 0 aromatic carbocycles. The minimum Gasteiger partial charge on any atom is -0.383 e. The number of nitrogens with zero attached hydrogens (tertiary/aromatic N) is 3. The van der Waals surface area contributed by atoms with Gasteiger partial charge < -0.3 is 19.1 Å². The summed E-state index contributed by atoms with van der Waals surface area (Å²) in [4.78, 5) is 28.4. The molecule has 2 fully saturated rings. The fourth-order valence-electron chi connectivity index (χ4n) is 3.77. The highest BCUT2D eigenvalue weighted by atomic mass is 16.5. The van der Waals surface area contributed by atoms with E-state index in [0.29, 0.717) is 30.9 Å². The molecule has 0 atom stereocenters. The van der Waals surface area contributed by atoms with E-state index in [9.17, 15) is 9.59 Å². The van der Waals surface area contributed by atoms with Crippen LogP contribution in [0, 0.1) is 12.3 Å². The number of methoxy groups -OCH3 is 1. The van der Waals surface area contributed by atoms with E-state index < -0.39 is 0 Å². The molecule has 3 rings (SSSR count). The minimum absolute atomic E-state index is 0.00766. The molecule has 0 aliphatic carbocycles. The molecule has 1 aromatic heterocycles. The molecule has 1 aromatic rings. The second-order valence-corrected chi connectivity index (χ2v) is 6.90. The molecule has 0 N–H and O–H groups in total. The van der Waals surface area contributed by atoms with Crippen molar-refractivity contribution in [1.82, 2.24) is 15.0 Å². The van der Waals surface area contributed by atoms with Crippen LogP contribution in [-0.4, -0.2) is 66.7 Å². The predicted octanol–water partition coefficient (Wildman–Crippen LogP) is 1.47. The van der Waals surface area contributed by atoms with E-state index in [2.05, 4.69) is 5.16 Å². The van der Waals surface area contributed by atoms with Gasteiger partial charge in [-0.2, -0.15) is 0 Å². The van der Waals surface area contributed by atoms with Crippen LogP contribution in [0.5, 0.6) is 0 Å². The molecule has 24 heavy (non-hydrogen) atoms. The van der Waals surface area contributed by atoms with Crippen LogP contribution in [0.1, 0.15) is 41.8 Å². The Balaban J connectivity index is 1.60. The lowest BCUT2D eigenvalue weighted by Gasteiger charge is -2.47. The van der Waals surface area contributed by atoms with Crippen LogP contribution >= 0.6 is 0 Å². The Bertz CT molecular complexity index is 605. The van der Waals surface area contributed by atoms with Gasteiger partial charge >= 0.3 is 0 Å². The van der Waals surface area contributed by atoms with Crippen LogP contribution in [0.15, 0.2) is 10.7 Å². The zero-order valence-corrected chi connectivity index (χ0v) is 14.4. The number of likely N-dealkylation sites (tertiary alicyclic amines) is 2. The zero-order chi connectivity index (χ0) is 17.2. The molecule has 2 aliphatic rings. The van der Waals surface area contributed by atoms with Crippen LogP contribution < -0.4 is 0 Å². The molecule has 2 amide bonds. The Morgan fingerprint density at radius 2 is 2.12 bits per heavy atom. The molecule has 0 saturated carbocycles. The first-order chi connectivity index (χ1) is 11.5. The fraction of sp³-hybridized carbons (Fsp3) is 0.706. The molecular weight excluding hydrogens is 310 g/mol. The van der Waals surface area contributed by atoms with Gasteiger partial charge in [0.1, 0.15) is 11.3 Å². The lowest BCUT2D eigenvalue weighted by molar-refractivity contribution is -0.139. The number of rotatable bonds is 4. The Morgan fingerprint density at radius 1 is 1.38 bits per heavy atom. The molecular formula is C17H25N3O4. The number of amides is 2. The van der Waals surface area contributed by atoms with Gasteiger partial charge in [0.25, 0.3) is 5.91 Å². The average molecular weight is 335 g/mol. The number of aromatic nitrogens is 1. The Morgan fingerprint density at radius 3 is 2.75 bits per heavy atom. The molecule has 2 saturated heterocycles. The third-order valence-electron chi connectivity index (χ3n) is 5.41. The van der Waals surface area contributed by atoms with E-state index in [-0.39, 0.29) is 17.2 Å². The summed E-state index contributed by atoms with van der Waals surface area (Å²) in [6.07, 6.45) is 4.87. The molecule has 0 bridgehead atoms. The highest BCUT2D eigenvalue weighted by molar-refractivity contribution is 5.94. The Labute approximate surface area is 141 Å². The molecule has 3 heterocycles. The predicted molar refractivity (Wildman–Crippen MR) is 86.5 cm³/mol. The lowest BCUT2D eigenvalue weighted by Crippen LogP contribution is -2.52. The molecule has 1 spiro atoms. The third-order valence-corrected chi connectivity index (χ3v) is 5.41. The summed E-state index contributed by atoms with van der Waals surface area (Å²) in [5.74, 6) is 0.775. The van der Waals surface area contributed by atoms with Gasteiger partial charge in [-0.05, 0) is 31.6 Å². The first-order valence-corrected chi connectivity index (χ1v) is 8.52. The summed E-state index contributed by atoms with van der Waals surface area (Å²) in [5.41, 5.74) is 0.689. The summed E-state index contributed by atoms with van der Waals surface area (Å²) in [7, 11) is 1.65. The highest BCUT2D eigenvalue weighted by Crippen LogP contribution is 2.40. The summed E-state index contributed by atoms with van der Waals surface area (Å²) in [6, 6.07) is 0. The lowest BCUT2D eigenvalue weighted by atomic mass is 9.72. The second kappa shape index (κ2) is 6.93. The van der Waals surface area contributed by atoms with Crippen LogP contribution in [0.3, 0.4) is 0 Å². The number of carbonyl (C=O) groups is 2. The summed E-state index contributed by atoms with van der Waals surface area (Å²) < 4.78 is 10.1. The van der Waals surface area contributed by atoms with Crippen molar-refractivity contribution in [2.75, 3.05) is 39.9 Å². The van der Waals surface area contributed by atoms with E-state index in [4.69, 9.17) is 9.26 Å². The van der Waals surface area contributed by atoms with Gasteiger partial charge in [0.05, 0.1) is 12.8 Å². The number of hydrogen-bond acceptors (Lipinski definition) is 5. The van der Waals surface area contributed by atoms with Gasteiger partial charge in [0.15, 0.2) is 0 Å². The number of hydrogen-bond donors (Lipinski definition) is 0. The van der Waals surface area contributed by atoms with Crippen molar-refractivity contribution in [2.45, 2.75) is 32.6 Å². The Hall–Kier alpha value is -1.89. The smallest absolute Gasteiger partial charge is 0.259 e. The Kier molecular flexibility index (Phi) is 4.89. The standard InChI is InChI=1S/C17H25N3O4/c1-13-14(11-18-24-13)16(22)19-7-5-17(6-8-19)4-3-15(21)20(12-17)9-10-23-2/h11H,3-10,12H2,1-2H3. The van der Waals surface area contributed by atoms with Crippen LogP contribution in [0.2, 0.25) is 0 Å². The van der Waals surface area contributed by atoms with Crippen LogP contribution in [0.25, 0.3) is 0 Å². The normalized spacial score (nSPS) is 20.7. The third kappa shape index (κ3) is 3.31. The quantitative estimate of drug-likeness (QED) is 0.833. The van der Waals surface area contributed by atoms with E-state index >= 15 is 0 Å². The van der Waals surface area contributed by atoms with Gasteiger partial charge in [-0.3, -0.25) is 9.59 Å². The van der Waals surface area contributed by atoms with Gasteiger partial charge in [-0.1, -0.05) is 5.16 Å². The maximum absolute atomic E-state index is 12.6.